The number of nitrogens with one attached hydrogen (secondary N) is 1. The van der Waals surface area contributed by atoms with Gasteiger partial charge in [-0.2, -0.15) is 0 Å². The van der Waals surface area contributed by atoms with Crippen LogP contribution in [0.1, 0.15) is 6.42 Å². The number of aliphatic hydroxyl groups excluding tert-OH is 1. The van der Waals surface area contributed by atoms with Gasteiger partial charge in [-0.1, -0.05) is 0 Å². The number of anilines is 2. The number of nitro groups is 1. The number of rotatable bonds is 5. The standard InChI is InChI=1S/C14H22N4O3/c1-15-12-9-13(11-14(10-12)18(20)21)17-4-2-3-16(5-6-17)7-8-19/h9-11,15,19H,2-8H2,1H3. The van der Waals surface area contributed by atoms with E-state index in [1.165, 1.54) is 0 Å². The van der Waals surface area contributed by atoms with Gasteiger partial charge in [0, 0.05) is 56.7 Å². The molecule has 0 saturated carbocycles. The molecule has 1 aliphatic rings. The summed E-state index contributed by atoms with van der Waals surface area (Å²) < 4.78 is 0. The Morgan fingerprint density at radius 3 is 2.76 bits per heavy atom. The van der Waals surface area contributed by atoms with E-state index in [0.29, 0.717) is 6.54 Å². The van der Waals surface area contributed by atoms with Gasteiger partial charge in [-0.3, -0.25) is 15.0 Å². The van der Waals surface area contributed by atoms with Crippen LogP contribution in [0.15, 0.2) is 18.2 Å². The van der Waals surface area contributed by atoms with Crippen LogP contribution in [0.4, 0.5) is 17.1 Å². The average molecular weight is 294 g/mol. The Morgan fingerprint density at radius 2 is 2.10 bits per heavy atom. The molecule has 0 aromatic heterocycles. The Kier molecular flexibility index (Phi) is 5.35. The zero-order valence-electron chi connectivity index (χ0n) is 12.3. The lowest BCUT2D eigenvalue weighted by Gasteiger charge is -2.23. The Morgan fingerprint density at radius 1 is 1.29 bits per heavy atom. The number of non-ortho nitro benzene ring substituents is 1. The minimum atomic E-state index is -0.361. The van der Waals surface area contributed by atoms with E-state index in [2.05, 4.69) is 15.1 Å². The van der Waals surface area contributed by atoms with Gasteiger partial charge in [0.2, 0.25) is 0 Å². The van der Waals surface area contributed by atoms with Crippen LogP contribution in [0, 0.1) is 10.1 Å². The second-order valence-corrected chi connectivity index (χ2v) is 5.15. The average Bonchev–Trinajstić information content (AvgIpc) is 2.73. The minimum absolute atomic E-state index is 0.105. The van der Waals surface area contributed by atoms with Crippen molar-refractivity contribution in [3.8, 4) is 0 Å². The smallest absolute Gasteiger partial charge is 0.273 e. The largest absolute Gasteiger partial charge is 0.395 e. The van der Waals surface area contributed by atoms with Crippen LogP contribution in [-0.4, -0.2) is 61.3 Å². The second kappa shape index (κ2) is 7.24. The van der Waals surface area contributed by atoms with Crippen molar-refractivity contribution >= 4 is 17.1 Å². The maximum absolute atomic E-state index is 11.0. The summed E-state index contributed by atoms with van der Waals surface area (Å²) in [5.41, 5.74) is 1.73. The van der Waals surface area contributed by atoms with E-state index >= 15 is 0 Å². The fourth-order valence-corrected chi connectivity index (χ4v) is 2.62. The summed E-state index contributed by atoms with van der Waals surface area (Å²) in [6.07, 6.45) is 0.984. The van der Waals surface area contributed by atoms with Gasteiger partial charge in [0.05, 0.1) is 11.5 Å². The van der Waals surface area contributed by atoms with Crippen LogP contribution < -0.4 is 10.2 Å². The predicted octanol–water partition coefficient (Wildman–Crippen LogP) is 1.14. The SMILES string of the molecule is CNc1cc(N2CCCN(CCO)CC2)cc([N+](=O)[O-])c1. The highest BCUT2D eigenvalue weighted by atomic mass is 16.6. The molecular formula is C14H22N4O3. The fourth-order valence-electron chi connectivity index (χ4n) is 2.62. The Balaban J connectivity index is 2.16. The van der Waals surface area contributed by atoms with Crippen molar-refractivity contribution in [1.29, 1.82) is 0 Å². The lowest BCUT2D eigenvalue weighted by molar-refractivity contribution is -0.384. The molecule has 1 aliphatic heterocycles. The van der Waals surface area contributed by atoms with Crippen molar-refractivity contribution in [1.82, 2.24) is 4.90 Å². The highest BCUT2D eigenvalue weighted by Gasteiger charge is 2.18. The van der Waals surface area contributed by atoms with Crippen molar-refractivity contribution in [2.75, 3.05) is 56.6 Å². The minimum Gasteiger partial charge on any atom is -0.395 e. The molecule has 7 nitrogen and oxygen atoms in total. The molecule has 0 spiro atoms. The molecule has 0 radical (unpaired) electrons. The maximum Gasteiger partial charge on any atom is 0.273 e. The lowest BCUT2D eigenvalue weighted by atomic mass is 10.2. The van der Waals surface area contributed by atoms with Crippen LogP contribution in [-0.2, 0) is 0 Å². The zero-order chi connectivity index (χ0) is 15.2. The molecule has 0 amide bonds. The third-order valence-corrected chi connectivity index (χ3v) is 3.77. The second-order valence-electron chi connectivity index (χ2n) is 5.15. The lowest BCUT2D eigenvalue weighted by Crippen LogP contribution is -2.32. The maximum atomic E-state index is 11.0. The van der Waals surface area contributed by atoms with E-state index in [1.54, 1.807) is 19.2 Å². The molecule has 2 rings (SSSR count). The Bertz CT molecular complexity index is 495. The molecule has 1 aromatic carbocycles. The molecule has 0 aliphatic carbocycles. The van der Waals surface area contributed by atoms with Gasteiger partial charge in [0.25, 0.3) is 5.69 Å². The summed E-state index contributed by atoms with van der Waals surface area (Å²) in [4.78, 5) is 15.1. The first-order valence-corrected chi connectivity index (χ1v) is 7.19. The van der Waals surface area contributed by atoms with Gasteiger partial charge in [-0.25, -0.2) is 0 Å². The number of hydrogen-bond donors (Lipinski definition) is 2. The summed E-state index contributed by atoms with van der Waals surface area (Å²) >= 11 is 0. The van der Waals surface area contributed by atoms with E-state index in [-0.39, 0.29) is 17.2 Å². The summed E-state index contributed by atoms with van der Waals surface area (Å²) in [6, 6.07) is 5.11. The number of aliphatic hydroxyl groups is 1. The Hall–Kier alpha value is -1.86. The fraction of sp³-hybridized carbons (Fsp3) is 0.571. The van der Waals surface area contributed by atoms with Gasteiger partial charge < -0.3 is 15.3 Å². The Labute approximate surface area is 124 Å². The third-order valence-electron chi connectivity index (χ3n) is 3.77. The topological polar surface area (TPSA) is 81.9 Å². The number of nitrogens with zero attached hydrogens (tertiary/aromatic N) is 3. The van der Waals surface area contributed by atoms with E-state index in [4.69, 9.17) is 5.11 Å². The predicted molar refractivity (Wildman–Crippen MR) is 83.0 cm³/mol. The van der Waals surface area contributed by atoms with Gasteiger partial charge >= 0.3 is 0 Å². The molecule has 1 fully saturated rings. The summed E-state index contributed by atoms with van der Waals surface area (Å²) in [6.45, 7) is 4.34. The molecule has 1 heterocycles. The molecule has 1 saturated heterocycles. The summed E-state index contributed by atoms with van der Waals surface area (Å²) in [7, 11) is 1.76. The summed E-state index contributed by atoms with van der Waals surface area (Å²) in [5.74, 6) is 0. The van der Waals surface area contributed by atoms with Crippen LogP contribution >= 0.6 is 0 Å². The van der Waals surface area contributed by atoms with Gasteiger partial charge in [0.1, 0.15) is 0 Å². The molecule has 0 atom stereocenters. The molecule has 1 aromatic rings. The zero-order valence-corrected chi connectivity index (χ0v) is 12.3. The number of benzene rings is 1. The third kappa shape index (κ3) is 4.05. The van der Waals surface area contributed by atoms with Gasteiger partial charge in [0.15, 0.2) is 0 Å². The molecule has 7 heteroatoms. The highest BCUT2D eigenvalue weighted by molar-refractivity contribution is 5.64. The normalized spacial score (nSPS) is 16.6. The first-order chi connectivity index (χ1) is 10.1. The summed E-state index contributed by atoms with van der Waals surface area (Å²) in [5, 5.41) is 23.0. The molecular weight excluding hydrogens is 272 g/mol. The molecule has 2 N–H and O–H groups in total. The van der Waals surface area contributed by atoms with Crippen molar-refractivity contribution in [3.63, 3.8) is 0 Å². The van der Waals surface area contributed by atoms with E-state index in [1.807, 2.05) is 6.07 Å². The van der Waals surface area contributed by atoms with Crippen molar-refractivity contribution < 1.29 is 10.0 Å². The quantitative estimate of drug-likeness (QED) is 0.626. The highest BCUT2D eigenvalue weighted by Crippen LogP contribution is 2.27. The van der Waals surface area contributed by atoms with E-state index < -0.39 is 0 Å². The van der Waals surface area contributed by atoms with Crippen LogP contribution in [0.5, 0.6) is 0 Å². The first-order valence-electron chi connectivity index (χ1n) is 7.19. The monoisotopic (exact) mass is 294 g/mol. The molecule has 0 bridgehead atoms. The van der Waals surface area contributed by atoms with Gasteiger partial charge in [-0.05, 0) is 19.0 Å². The van der Waals surface area contributed by atoms with Crippen molar-refractivity contribution in [2.45, 2.75) is 6.42 Å². The van der Waals surface area contributed by atoms with E-state index in [0.717, 1.165) is 44.0 Å². The van der Waals surface area contributed by atoms with Crippen LogP contribution in [0.3, 0.4) is 0 Å². The molecule has 0 unspecified atom stereocenters. The first kappa shape index (κ1) is 15.5. The number of β-amino-alcohol motifs (C(OH)–C–C–N with tert-alkyl or cyclic N) is 1. The molecule has 116 valence electrons. The molecule has 21 heavy (non-hydrogen) atoms. The van der Waals surface area contributed by atoms with Crippen LogP contribution in [0.25, 0.3) is 0 Å². The van der Waals surface area contributed by atoms with Gasteiger partial charge in [-0.15, -0.1) is 0 Å². The van der Waals surface area contributed by atoms with Crippen molar-refractivity contribution in [2.24, 2.45) is 0 Å². The number of nitro benzene ring substituents is 1. The van der Waals surface area contributed by atoms with Crippen molar-refractivity contribution in [3.05, 3.63) is 28.3 Å². The number of hydrogen-bond acceptors (Lipinski definition) is 6. The van der Waals surface area contributed by atoms with E-state index in [9.17, 15) is 10.1 Å². The van der Waals surface area contributed by atoms with Crippen LogP contribution in [0.2, 0.25) is 0 Å².